The number of halogens is 1. The maximum absolute atomic E-state index is 13.0. The number of aliphatic hydroxyl groups excluding tert-OH is 1. The van der Waals surface area contributed by atoms with E-state index in [1.54, 1.807) is 6.92 Å². The molecule has 0 bridgehead atoms. The first-order valence-electron chi connectivity index (χ1n) is 4.80. The van der Waals surface area contributed by atoms with E-state index in [1.165, 1.54) is 0 Å². The zero-order chi connectivity index (χ0) is 13.0. The van der Waals surface area contributed by atoms with Gasteiger partial charge in [0.1, 0.15) is 5.82 Å². The number of benzene rings is 1. The van der Waals surface area contributed by atoms with E-state index in [1.807, 2.05) is 0 Å². The molecule has 1 aromatic rings. The number of non-ortho nitro benzene ring substituents is 1. The van der Waals surface area contributed by atoms with Gasteiger partial charge in [-0.1, -0.05) is 0 Å². The molecule has 1 amide bonds. The van der Waals surface area contributed by atoms with Crippen LogP contribution in [0, 0.1) is 15.9 Å². The summed E-state index contributed by atoms with van der Waals surface area (Å²) in [5, 5.41) is 21.6. The number of hydrogen-bond acceptors (Lipinski definition) is 4. The van der Waals surface area contributed by atoms with Crippen LogP contribution >= 0.6 is 0 Å². The Morgan fingerprint density at radius 1 is 1.59 bits per heavy atom. The van der Waals surface area contributed by atoms with Gasteiger partial charge >= 0.3 is 0 Å². The van der Waals surface area contributed by atoms with Gasteiger partial charge in [0.15, 0.2) is 0 Å². The van der Waals surface area contributed by atoms with Crippen LogP contribution < -0.4 is 5.32 Å². The summed E-state index contributed by atoms with van der Waals surface area (Å²) in [4.78, 5) is 21.2. The third kappa shape index (κ3) is 3.49. The lowest BCUT2D eigenvalue weighted by molar-refractivity contribution is -0.385. The molecule has 0 aliphatic carbocycles. The first-order chi connectivity index (χ1) is 7.93. The van der Waals surface area contributed by atoms with Crippen LogP contribution in [0.15, 0.2) is 18.2 Å². The van der Waals surface area contributed by atoms with Crippen molar-refractivity contribution in [3.63, 3.8) is 0 Å². The monoisotopic (exact) mass is 242 g/mol. The molecular formula is C10H11FN2O4. The first kappa shape index (κ1) is 13.0. The van der Waals surface area contributed by atoms with Gasteiger partial charge in [-0.05, 0) is 13.0 Å². The van der Waals surface area contributed by atoms with Gasteiger partial charge in [0.2, 0.25) is 0 Å². The lowest BCUT2D eigenvalue weighted by Gasteiger charge is -2.10. The molecular weight excluding hydrogens is 231 g/mol. The lowest BCUT2D eigenvalue weighted by Crippen LogP contribution is -2.35. The Morgan fingerprint density at radius 3 is 2.76 bits per heavy atom. The second-order valence-corrected chi connectivity index (χ2v) is 3.51. The number of nitro benzene ring substituents is 1. The van der Waals surface area contributed by atoms with Gasteiger partial charge in [-0.25, -0.2) is 4.39 Å². The van der Waals surface area contributed by atoms with Crippen LogP contribution in [-0.4, -0.2) is 28.6 Å². The summed E-state index contributed by atoms with van der Waals surface area (Å²) >= 11 is 0. The second kappa shape index (κ2) is 5.35. The van der Waals surface area contributed by atoms with Crippen LogP contribution in [0.1, 0.15) is 17.3 Å². The summed E-state index contributed by atoms with van der Waals surface area (Å²) in [6.45, 7) is 1.27. The number of aliphatic hydroxyl groups is 1. The molecule has 6 nitrogen and oxygen atoms in total. The number of amides is 1. The first-order valence-corrected chi connectivity index (χ1v) is 4.80. The minimum absolute atomic E-state index is 0.156. The minimum Gasteiger partial charge on any atom is -0.394 e. The predicted octanol–water partition coefficient (Wildman–Crippen LogP) is 0.845. The molecule has 1 rings (SSSR count). The maximum atomic E-state index is 13.0. The van der Waals surface area contributed by atoms with E-state index < -0.39 is 28.4 Å². The SMILES string of the molecule is CC(CO)NC(=O)c1cc(F)cc([N+](=O)[O-])c1. The zero-order valence-electron chi connectivity index (χ0n) is 9.01. The molecule has 0 saturated heterocycles. The second-order valence-electron chi connectivity index (χ2n) is 3.51. The highest BCUT2D eigenvalue weighted by atomic mass is 19.1. The van der Waals surface area contributed by atoms with Gasteiger partial charge in [0, 0.05) is 17.7 Å². The van der Waals surface area contributed by atoms with Crippen molar-refractivity contribution in [1.82, 2.24) is 5.32 Å². The predicted molar refractivity (Wildman–Crippen MR) is 57.1 cm³/mol. The van der Waals surface area contributed by atoms with Crippen LogP contribution in [-0.2, 0) is 0 Å². The molecule has 0 aromatic heterocycles. The molecule has 1 unspecified atom stereocenters. The Kier molecular flexibility index (Phi) is 4.11. The third-order valence-electron chi connectivity index (χ3n) is 2.01. The van der Waals surface area contributed by atoms with Crippen molar-refractivity contribution in [2.75, 3.05) is 6.61 Å². The maximum Gasteiger partial charge on any atom is 0.273 e. The Hall–Kier alpha value is -2.02. The summed E-state index contributed by atoms with van der Waals surface area (Å²) in [7, 11) is 0. The Balaban J connectivity index is 2.97. The molecule has 7 heteroatoms. The Bertz CT molecular complexity index is 450. The van der Waals surface area contributed by atoms with Crippen molar-refractivity contribution >= 4 is 11.6 Å². The van der Waals surface area contributed by atoms with Gasteiger partial charge in [-0.2, -0.15) is 0 Å². The largest absolute Gasteiger partial charge is 0.394 e. The summed E-state index contributed by atoms with van der Waals surface area (Å²) in [6.07, 6.45) is 0. The average molecular weight is 242 g/mol. The van der Waals surface area contributed by atoms with E-state index in [2.05, 4.69) is 5.32 Å². The quantitative estimate of drug-likeness (QED) is 0.604. The van der Waals surface area contributed by atoms with Crippen LogP contribution in [0.3, 0.4) is 0 Å². The van der Waals surface area contributed by atoms with Crippen LogP contribution in [0.4, 0.5) is 10.1 Å². The van der Waals surface area contributed by atoms with Gasteiger partial charge in [-0.3, -0.25) is 14.9 Å². The molecule has 0 fully saturated rings. The number of nitro groups is 1. The summed E-state index contributed by atoms with van der Waals surface area (Å²) in [6, 6.07) is 2.09. The fourth-order valence-electron chi connectivity index (χ4n) is 1.16. The number of nitrogens with zero attached hydrogens (tertiary/aromatic N) is 1. The average Bonchev–Trinajstić information content (AvgIpc) is 2.27. The molecule has 92 valence electrons. The van der Waals surface area contributed by atoms with Crippen molar-refractivity contribution in [1.29, 1.82) is 0 Å². The smallest absolute Gasteiger partial charge is 0.273 e. The van der Waals surface area contributed by atoms with Crippen molar-refractivity contribution < 1.29 is 19.2 Å². The van der Waals surface area contributed by atoms with Crippen LogP contribution in [0.5, 0.6) is 0 Å². The normalized spacial score (nSPS) is 11.9. The third-order valence-corrected chi connectivity index (χ3v) is 2.01. The topological polar surface area (TPSA) is 92.5 Å². The van der Waals surface area contributed by atoms with E-state index in [0.29, 0.717) is 0 Å². The Morgan fingerprint density at radius 2 is 2.24 bits per heavy atom. The standard InChI is InChI=1S/C10H11FN2O4/c1-6(5-14)12-10(15)7-2-8(11)4-9(3-7)13(16)17/h2-4,6,14H,5H2,1H3,(H,12,15). The molecule has 0 saturated carbocycles. The van der Waals surface area contributed by atoms with Crippen molar-refractivity contribution in [2.24, 2.45) is 0 Å². The molecule has 2 N–H and O–H groups in total. The number of hydrogen-bond donors (Lipinski definition) is 2. The number of carbonyl (C=O) groups excluding carboxylic acids is 1. The molecule has 0 radical (unpaired) electrons. The van der Waals surface area contributed by atoms with Crippen molar-refractivity contribution in [3.8, 4) is 0 Å². The van der Waals surface area contributed by atoms with E-state index in [0.717, 1.165) is 18.2 Å². The molecule has 0 heterocycles. The van der Waals surface area contributed by atoms with E-state index in [4.69, 9.17) is 5.11 Å². The summed E-state index contributed by atoms with van der Waals surface area (Å²) in [5.41, 5.74) is -0.649. The lowest BCUT2D eigenvalue weighted by atomic mass is 10.1. The molecule has 0 spiro atoms. The highest BCUT2D eigenvalue weighted by Gasteiger charge is 2.15. The molecule has 1 aromatic carbocycles. The highest BCUT2D eigenvalue weighted by molar-refractivity contribution is 5.95. The van der Waals surface area contributed by atoms with Crippen molar-refractivity contribution in [3.05, 3.63) is 39.7 Å². The van der Waals surface area contributed by atoms with E-state index >= 15 is 0 Å². The van der Waals surface area contributed by atoms with E-state index in [9.17, 15) is 19.3 Å². The van der Waals surface area contributed by atoms with Gasteiger partial charge in [0.05, 0.1) is 17.6 Å². The summed E-state index contributed by atoms with van der Waals surface area (Å²) in [5.74, 6) is -1.53. The molecule has 17 heavy (non-hydrogen) atoms. The van der Waals surface area contributed by atoms with Crippen molar-refractivity contribution in [2.45, 2.75) is 13.0 Å². The van der Waals surface area contributed by atoms with E-state index in [-0.39, 0.29) is 12.2 Å². The molecule has 0 aliphatic rings. The number of rotatable bonds is 4. The fourth-order valence-corrected chi connectivity index (χ4v) is 1.16. The fraction of sp³-hybridized carbons (Fsp3) is 0.300. The van der Waals surface area contributed by atoms with Gasteiger partial charge in [0.25, 0.3) is 11.6 Å². The highest BCUT2D eigenvalue weighted by Crippen LogP contribution is 2.16. The van der Waals surface area contributed by atoms with Crippen LogP contribution in [0.2, 0.25) is 0 Å². The van der Waals surface area contributed by atoms with Crippen LogP contribution in [0.25, 0.3) is 0 Å². The Labute approximate surface area is 96.2 Å². The number of nitrogens with one attached hydrogen (secondary N) is 1. The summed E-state index contributed by atoms with van der Waals surface area (Å²) < 4.78 is 13.0. The van der Waals surface area contributed by atoms with Gasteiger partial charge in [-0.15, -0.1) is 0 Å². The zero-order valence-corrected chi connectivity index (χ0v) is 9.01. The minimum atomic E-state index is -0.860. The molecule has 0 aliphatic heterocycles. The van der Waals surface area contributed by atoms with Gasteiger partial charge < -0.3 is 10.4 Å². The number of carbonyl (C=O) groups is 1. The molecule has 1 atom stereocenters.